The van der Waals surface area contributed by atoms with Gasteiger partial charge in [-0.05, 0) is 42.6 Å². The molecular weight excluding hydrogens is 212 g/mol. The fraction of sp³-hybridized carbons (Fsp3) is 0.867. The SMILES string of the molecule is C=C1COC(OC)[C@@]12C[C@H]1CCCC[C@@]1(C)C2. The third-order valence-corrected chi connectivity index (χ3v) is 5.64. The lowest BCUT2D eigenvalue weighted by molar-refractivity contribution is -0.140. The average Bonchev–Trinajstić information content (AvgIpc) is 2.78. The van der Waals surface area contributed by atoms with Crippen molar-refractivity contribution in [3.05, 3.63) is 12.2 Å². The summed E-state index contributed by atoms with van der Waals surface area (Å²) in [5.41, 5.74) is 1.91. The standard InChI is InChI=1S/C15H24O2/c1-11-9-17-13(16-3)15(11)8-12-6-4-5-7-14(12,2)10-15/h12-13H,1,4-10H2,2-3H3/t12-,13?,14+,15-/m1/s1. The molecule has 2 nitrogen and oxygen atoms in total. The van der Waals surface area contributed by atoms with E-state index in [-0.39, 0.29) is 11.7 Å². The highest BCUT2D eigenvalue weighted by molar-refractivity contribution is 5.22. The molecule has 0 N–H and O–H groups in total. The second-order valence-corrected chi connectivity index (χ2v) is 6.62. The van der Waals surface area contributed by atoms with Gasteiger partial charge in [-0.1, -0.05) is 26.3 Å². The Labute approximate surface area is 104 Å². The van der Waals surface area contributed by atoms with Crippen molar-refractivity contribution in [3.8, 4) is 0 Å². The summed E-state index contributed by atoms with van der Waals surface area (Å²) < 4.78 is 11.4. The zero-order valence-corrected chi connectivity index (χ0v) is 11.1. The fourth-order valence-electron chi connectivity index (χ4n) is 4.67. The maximum atomic E-state index is 5.78. The van der Waals surface area contributed by atoms with Gasteiger partial charge in [0, 0.05) is 12.5 Å². The molecular formula is C15H24O2. The van der Waals surface area contributed by atoms with Crippen molar-refractivity contribution in [1.82, 2.24) is 0 Å². The molecule has 0 aromatic rings. The number of hydrogen-bond acceptors (Lipinski definition) is 2. The molecule has 1 saturated heterocycles. The predicted octanol–water partition coefficient (Wildman–Crippen LogP) is 3.52. The van der Waals surface area contributed by atoms with Crippen molar-refractivity contribution < 1.29 is 9.47 Å². The van der Waals surface area contributed by atoms with E-state index >= 15 is 0 Å². The molecule has 1 aliphatic heterocycles. The highest BCUT2D eigenvalue weighted by atomic mass is 16.7. The first-order valence-electron chi connectivity index (χ1n) is 6.93. The minimum Gasteiger partial charge on any atom is -0.355 e. The topological polar surface area (TPSA) is 18.5 Å². The smallest absolute Gasteiger partial charge is 0.166 e. The van der Waals surface area contributed by atoms with E-state index in [0.717, 1.165) is 5.92 Å². The van der Waals surface area contributed by atoms with Crippen LogP contribution in [0.3, 0.4) is 0 Å². The van der Waals surface area contributed by atoms with Gasteiger partial charge in [0.25, 0.3) is 0 Å². The van der Waals surface area contributed by atoms with Gasteiger partial charge in [-0.25, -0.2) is 0 Å². The first-order valence-corrected chi connectivity index (χ1v) is 6.93. The van der Waals surface area contributed by atoms with E-state index in [4.69, 9.17) is 9.47 Å². The number of ether oxygens (including phenoxy) is 2. The summed E-state index contributed by atoms with van der Waals surface area (Å²) in [6.07, 6.45) is 7.99. The molecule has 1 unspecified atom stereocenters. The van der Waals surface area contributed by atoms with Gasteiger partial charge in [0.15, 0.2) is 6.29 Å². The second kappa shape index (κ2) is 3.83. The molecule has 3 fully saturated rings. The summed E-state index contributed by atoms with van der Waals surface area (Å²) in [5.74, 6) is 0.854. The molecule has 17 heavy (non-hydrogen) atoms. The largest absolute Gasteiger partial charge is 0.355 e. The summed E-state index contributed by atoms with van der Waals surface area (Å²) >= 11 is 0. The van der Waals surface area contributed by atoms with Gasteiger partial charge in [0.05, 0.1) is 6.61 Å². The summed E-state index contributed by atoms with van der Waals surface area (Å²) in [6, 6.07) is 0. The van der Waals surface area contributed by atoms with Crippen LogP contribution >= 0.6 is 0 Å². The molecule has 2 saturated carbocycles. The van der Waals surface area contributed by atoms with Crippen LogP contribution in [0.1, 0.15) is 45.4 Å². The first kappa shape index (κ1) is 11.7. The van der Waals surface area contributed by atoms with Gasteiger partial charge in [0.2, 0.25) is 0 Å². The summed E-state index contributed by atoms with van der Waals surface area (Å²) in [5, 5.41) is 0. The normalized spacial score (nSPS) is 49.9. The van der Waals surface area contributed by atoms with Gasteiger partial charge in [0.1, 0.15) is 0 Å². The number of hydrogen-bond donors (Lipinski definition) is 0. The van der Waals surface area contributed by atoms with E-state index < -0.39 is 0 Å². The Bertz CT molecular complexity index is 338. The Balaban J connectivity index is 1.92. The lowest BCUT2D eigenvalue weighted by Gasteiger charge is -2.36. The molecule has 4 atom stereocenters. The van der Waals surface area contributed by atoms with Crippen LogP contribution in [0.25, 0.3) is 0 Å². The molecule has 0 aromatic carbocycles. The van der Waals surface area contributed by atoms with Crippen LogP contribution in [0, 0.1) is 16.7 Å². The molecule has 0 radical (unpaired) electrons. The molecule has 1 heterocycles. The summed E-state index contributed by atoms with van der Waals surface area (Å²) in [4.78, 5) is 0. The molecule has 96 valence electrons. The van der Waals surface area contributed by atoms with Crippen molar-refractivity contribution in [1.29, 1.82) is 0 Å². The van der Waals surface area contributed by atoms with E-state index in [1.807, 2.05) is 0 Å². The van der Waals surface area contributed by atoms with Crippen LogP contribution in [0.2, 0.25) is 0 Å². The maximum absolute atomic E-state index is 5.78. The minimum absolute atomic E-state index is 0.0441. The van der Waals surface area contributed by atoms with E-state index in [1.165, 1.54) is 44.1 Å². The zero-order valence-electron chi connectivity index (χ0n) is 11.1. The first-order chi connectivity index (χ1) is 8.11. The number of rotatable bonds is 1. The monoisotopic (exact) mass is 236 g/mol. The average molecular weight is 236 g/mol. The van der Waals surface area contributed by atoms with Gasteiger partial charge >= 0.3 is 0 Å². The number of methoxy groups -OCH3 is 1. The van der Waals surface area contributed by atoms with Gasteiger partial charge < -0.3 is 9.47 Å². The van der Waals surface area contributed by atoms with Crippen LogP contribution in [-0.4, -0.2) is 20.0 Å². The fourth-order valence-corrected chi connectivity index (χ4v) is 4.67. The highest BCUT2D eigenvalue weighted by Crippen LogP contribution is 2.64. The third-order valence-electron chi connectivity index (χ3n) is 5.64. The van der Waals surface area contributed by atoms with Crippen LogP contribution in [-0.2, 0) is 9.47 Å². The molecule has 0 amide bonds. The Morgan fingerprint density at radius 3 is 2.94 bits per heavy atom. The number of fused-ring (bicyclic) bond motifs is 1. The van der Waals surface area contributed by atoms with Crippen LogP contribution in [0.15, 0.2) is 12.2 Å². The van der Waals surface area contributed by atoms with Crippen LogP contribution in [0.4, 0.5) is 0 Å². The molecule has 2 aliphatic carbocycles. The van der Waals surface area contributed by atoms with Crippen molar-refractivity contribution in [3.63, 3.8) is 0 Å². The molecule has 3 aliphatic rings. The van der Waals surface area contributed by atoms with E-state index in [0.29, 0.717) is 12.0 Å². The van der Waals surface area contributed by atoms with E-state index in [9.17, 15) is 0 Å². The van der Waals surface area contributed by atoms with Crippen LogP contribution in [0.5, 0.6) is 0 Å². The Kier molecular flexibility index (Phi) is 2.64. The van der Waals surface area contributed by atoms with Crippen molar-refractivity contribution >= 4 is 0 Å². The van der Waals surface area contributed by atoms with E-state index in [1.54, 1.807) is 7.11 Å². The van der Waals surface area contributed by atoms with Crippen molar-refractivity contribution in [2.75, 3.05) is 13.7 Å². The van der Waals surface area contributed by atoms with Gasteiger partial charge in [-0.15, -0.1) is 0 Å². The third kappa shape index (κ3) is 1.53. The molecule has 2 heteroatoms. The highest BCUT2D eigenvalue weighted by Gasteiger charge is 2.59. The molecule has 0 bridgehead atoms. The Morgan fingerprint density at radius 2 is 2.24 bits per heavy atom. The van der Waals surface area contributed by atoms with Gasteiger partial charge in [-0.2, -0.15) is 0 Å². The lowest BCUT2D eigenvalue weighted by atomic mass is 9.69. The molecule has 0 aromatic heterocycles. The maximum Gasteiger partial charge on any atom is 0.166 e. The predicted molar refractivity (Wildman–Crippen MR) is 67.6 cm³/mol. The van der Waals surface area contributed by atoms with E-state index in [2.05, 4.69) is 13.5 Å². The Hall–Kier alpha value is -0.340. The zero-order chi connectivity index (χ0) is 12.1. The summed E-state index contributed by atoms with van der Waals surface area (Å²) in [7, 11) is 1.77. The molecule has 3 rings (SSSR count). The molecule has 1 spiro atoms. The minimum atomic E-state index is -0.0441. The van der Waals surface area contributed by atoms with Crippen LogP contribution < -0.4 is 0 Å². The lowest BCUT2D eigenvalue weighted by Crippen LogP contribution is -2.32. The summed E-state index contributed by atoms with van der Waals surface area (Å²) in [6.45, 7) is 7.44. The van der Waals surface area contributed by atoms with Gasteiger partial charge in [-0.3, -0.25) is 0 Å². The Morgan fingerprint density at radius 1 is 1.41 bits per heavy atom. The second-order valence-electron chi connectivity index (χ2n) is 6.62. The van der Waals surface area contributed by atoms with Crippen molar-refractivity contribution in [2.45, 2.75) is 51.7 Å². The quantitative estimate of drug-likeness (QED) is 0.648. The van der Waals surface area contributed by atoms with Crippen molar-refractivity contribution in [2.24, 2.45) is 16.7 Å².